The average molecular weight is 412 g/mol. The van der Waals surface area contributed by atoms with E-state index < -0.39 is 0 Å². The van der Waals surface area contributed by atoms with Gasteiger partial charge in [0.15, 0.2) is 5.69 Å². The maximum atomic E-state index is 12.6. The third kappa shape index (κ3) is 2.70. The van der Waals surface area contributed by atoms with E-state index in [2.05, 4.69) is 38.7 Å². The molecule has 0 fully saturated rings. The van der Waals surface area contributed by atoms with Crippen LogP contribution in [0.3, 0.4) is 0 Å². The van der Waals surface area contributed by atoms with Gasteiger partial charge in [-0.05, 0) is 24.6 Å². The van der Waals surface area contributed by atoms with Crippen molar-refractivity contribution >= 4 is 38.7 Å². The molecule has 132 valence electrons. The monoisotopic (exact) mass is 411 g/mol. The first kappa shape index (κ1) is 16.8. The van der Waals surface area contributed by atoms with E-state index >= 15 is 0 Å². The number of esters is 1. The van der Waals surface area contributed by atoms with Crippen LogP contribution in [0.1, 0.15) is 28.7 Å². The van der Waals surface area contributed by atoms with Gasteiger partial charge in [0.05, 0.1) is 29.9 Å². The summed E-state index contributed by atoms with van der Waals surface area (Å²) < 4.78 is 9.33. The van der Waals surface area contributed by atoms with Crippen molar-refractivity contribution < 1.29 is 9.53 Å². The molecule has 0 atom stereocenters. The van der Waals surface area contributed by atoms with Crippen LogP contribution in [0.2, 0.25) is 0 Å². The predicted octanol–water partition coefficient (Wildman–Crippen LogP) is 4.41. The summed E-state index contributed by atoms with van der Waals surface area (Å²) in [5.41, 5.74) is 4.33. The van der Waals surface area contributed by atoms with E-state index in [-0.39, 0.29) is 5.97 Å². The van der Waals surface area contributed by atoms with E-state index in [0.717, 1.165) is 16.8 Å². The molecule has 26 heavy (non-hydrogen) atoms. The first-order chi connectivity index (χ1) is 12.7. The minimum absolute atomic E-state index is 0.330. The zero-order valence-electron chi connectivity index (χ0n) is 14.4. The van der Waals surface area contributed by atoms with E-state index in [1.54, 1.807) is 0 Å². The summed E-state index contributed by atoms with van der Waals surface area (Å²) in [6, 6.07) is 18.3. The molecule has 5 nitrogen and oxygen atoms in total. The highest BCUT2D eigenvalue weighted by molar-refractivity contribution is 9.08. The van der Waals surface area contributed by atoms with Crippen molar-refractivity contribution in [3.05, 3.63) is 71.5 Å². The van der Waals surface area contributed by atoms with Crippen LogP contribution in [-0.4, -0.2) is 26.5 Å². The molecule has 0 aliphatic carbocycles. The minimum Gasteiger partial charge on any atom is -0.461 e. The summed E-state index contributed by atoms with van der Waals surface area (Å²) in [4.78, 5) is 17.3. The number of hydrogen-bond donors (Lipinski definition) is 0. The molecule has 0 saturated heterocycles. The molecular formula is C20H18BrN3O2. The van der Waals surface area contributed by atoms with Crippen LogP contribution in [0.4, 0.5) is 0 Å². The van der Waals surface area contributed by atoms with Gasteiger partial charge in [-0.3, -0.25) is 4.40 Å². The molecule has 0 saturated carbocycles. The second-order valence-electron chi connectivity index (χ2n) is 5.96. The number of para-hydroxylation sites is 2. The molecule has 2 aromatic heterocycles. The number of fused-ring (bicyclic) bond motifs is 3. The maximum absolute atomic E-state index is 12.6. The van der Waals surface area contributed by atoms with E-state index in [1.807, 2.05) is 47.7 Å². The zero-order valence-corrected chi connectivity index (χ0v) is 15.9. The molecule has 0 aliphatic heterocycles. The molecule has 0 spiro atoms. The fourth-order valence-electron chi connectivity index (χ4n) is 3.27. The summed E-state index contributed by atoms with van der Waals surface area (Å²) in [5, 5.41) is 0.489. The van der Waals surface area contributed by atoms with Crippen molar-refractivity contribution in [1.82, 2.24) is 14.0 Å². The third-order valence-corrected chi connectivity index (χ3v) is 4.90. The second-order valence-corrected chi connectivity index (χ2v) is 6.52. The largest absolute Gasteiger partial charge is 0.461 e. The number of ether oxygens (including phenoxy) is 1. The smallest absolute Gasteiger partial charge is 0.357 e. The zero-order chi connectivity index (χ0) is 18.1. The first-order valence-corrected chi connectivity index (χ1v) is 9.62. The Morgan fingerprint density at radius 1 is 1.08 bits per heavy atom. The van der Waals surface area contributed by atoms with Crippen molar-refractivity contribution in [3.63, 3.8) is 0 Å². The number of halogens is 1. The van der Waals surface area contributed by atoms with Crippen molar-refractivity contribution in [2.75, 3.05) is 6.61 Å². The lowest BCUT2D eigenvalue weighted by Gasteiger charge is -2.05. The fourth-order valence-corrected chi connectivity index (χ4v) is 3.67. The van der Waals surface area contributed by atoms with Crippen molar-refractivity contribution in [3.8, 4) is 0 Å². The highest BCUT2D eigenvalue weighted by Crippen LogP contribution is 2.27. The summed E-state index contributed by atoms with van der Waals surface area (Å²) in [7, 11) is 0. The van der Waals surface area contributed by atoms with Gasteiger partial charge < -0.3 is 9.30 Å². The number of hydrogen-bond acceptors (Lipinski definition) is 3. The highest BCUT2D eigenvalue weighted by atomic mass is 79.9. The molecule has 4 rings (SSSR count). The standard InChI is InChI=1S/C20H18BrN3O2/c1-2-26-19(25)18-15(12-21)22-20-23(13-14-8-4-3-5-9-14)16-10-6-7-11-17(16)24(18)20/h3-11H,2,12-13H2,1H3. The van der Waals surface area contributed by atoms with E-state index in [1.165, 1.54) is 5.56 Å². The molecule has 2 aromatic carbocycles. The molecule has 0 aliphatic rings. The van der Waals surface area contributed by atoms with Gasteiger partial charge >= 0.3 is 5.97 Å². The van der Waals surface area contributed by atoms with Crippen molar-refractivity contribution in [1.29, 1.82) is 0 Å². The Morgan fingerprint density at radius 2 is 1.77 bits per heavy atom. The van der Waals surface area contributed by atoms with Gasteiger partial charge in [-0.25, -0.2) is 9.78 Å². The third-order valence-electron chi connectivity index (χ3n) is 4.37. The molecule has 0 bridgehead atoms. The van der Waals surface area contributed by atoms with E-state index in [4.69, 9.17) is 9.72 Å². The van der Waals surface area contributed by atoms with Gasteiger partial charge in [0.1, 0.15) is 0 Å². The van der Waals surface area contributed by atoms with Crippen molar-refractivity contribution in [2.45, 2.75) is 18.8 Å². The lowest BCUT2D eigenvalue weighted by atomic mass is 10.2. The highest BCUT2D eigenvalue weighted by Gasteiger charge is 2.25. The van der Waals surface area contributed by atoms with Crippen LogP contribution in [-0.2, 0) is 16.6 Å². The summed E-state index contributed by atoms with van der Waals surface area (Å²) in [6.07, 6.45) is 0. The minimum atomic E-state index is -0.350. The van der Waals surface area contributed by atoms with Crippen LogP contribution >= 0.6 is 15.9 Å². The molecule has 0 amide bonds. The second kappa shape index (κ2) is 6.96. The molecule has 6 heteroatoms. The quantitative estimate of drug-likeness (QED) is 0.361. The molecule has 4 aromatic rings. The lowest BCUT2D eigenvalue weighted by Crippen LogP contribution is -2.10. The first-order valence-electron chi connectivity index (χ1n) is 8.50. The lowest BCUT2D eigenvalue weighted by molar-refractivity contribution is 0.0517. The van der Waals surface area contributed by atoms with Gasteiger partial charge in [-0.2, -0.15) is 0 Å². The van der Waals surface area contributed by atoms with E-state index in [9.17, 15) is 4.79 Å². The summed E-state index contributed by atoms with van der Waals surface area (Å²) in [5.74, 6) is 0.393. The van der Waals surface area contributed by atoms with Crippen molar-refractivity contribution in [2.24, 2.45) is 0 Å². The van der Waals surface area contributed by atoms with Gasteiger partial charge in [-0.1, -0.05) is 58.4 Å². The normalized spacial score (nSPS) is 11.3. The Kier molecular flexibility index (Phi) is 4.51. The van der Waals surface area contributed by atoms with Gasteiger partial charge in [0.2, 0.25) is 5.78 Å². The van der Waals surface area contributed by atoms with Gasteiger partial charge in [0.25, 0.3) is 0 Å². The Morgan fingerprint density at radius 3 is 2.46 bits per heavy atom. The number of rotatable bonds is 5. The number of benzene rings is 2. The van der Waals surface area contributed by atoms with Crippen LogP contribution in [0, 0.1) is 0 Å². The van der Waals surface area contributed by atoms with Crippen LogP contribution in [0.15, 0.2) is 54.6 Å². The van der Waals surface area contributed by atoms with Crippen LogP contribution < -0.4 is 0 Å². The summed E-state index contributed by atoms with van der Waals surface area (Å²) >= 11 is 3.45. The Hall–Kier alpha value is -2.60. The van der Waals surface area contributed by atoms with Crippen LogP contribution in [0.25, 0.3) is 16.8 Å². The van der Waals surface area contributed by atoms with Gasteiger partial charge in [-0.15, -0.1) is 0 Å². The fraction of sp³-hybridized carbons (Fsp3) is 0.200. The molecular weight excluding hydrogens is 394 g/mol. The molecule has 2 heterocycles. The van der Waals surface area contributed by atoms with E-state index in [0.29, 0.717) is 29.9 Å². The Bertz CT molecular complexity index is 1080. The number of nitrogens with zero attached hydrogens (tertiary/aromatic N) is 3. The molecule has 0 radical (unpaired) electrons. The van der Waals surface area contributed by atoms with Gasteiger partial charge in [0, 0.05) is 5.33 Å². The number of alkyl halides is 1. The topological polar surface area (TPSA) is 48.5 Å². The van der Waals surface area contributed by atoms with Crippen LogP contribution in [0.5, 0.6) is 0 Å². The summed E-state index contributed by atoms with van der Waals surface area (Å²) in [6.45, 7) is 2.82. The average Bonchev–Trinajstić information content (AvgIpc) is 3.19. The molecule has 0 N–H and O–H groups in total. The Labute approximate surface area is 159 Å². The number of imidazole rings is 2. The number of aromatic nitrogens is 3. The SMILES string of the molecule is CCOC(=O)c1c(CBr)nc2n(Cc3ccccc3)c3ccccc3n12. The predicted molar refractivity (Wildman–Crippen MR) is 105 cm³/mol. The Balaban J connectivity index is 2.00. The number of carbonyl (C=O) groups is 1. The molecule has 0 unspecified atom stereocenters. The maximum Gasteiger partial charge on any atom is 0.357 e. The number of carbonyl (C=O) groups excluding carboxylic acids is 1.